The molecule has 1 aliphatic heterocycles. The zero-order valence-corrected chi connectivity index (χ0v) is 25.7. The quantitative estimate of drug-likeness (QED) is 0.0932. The van der Waals surface area contributed by atoms with Crippen molar-refractivity contribution in [2.45, 2.75) is 64.2 Å². The summed E-state index contributed by atoms with van der Waals surface area (Å²) in [4.78, 5) is 32.1. The van der Waals surface area contributed by atoms with Gasteiger partial charge in [0.25, 0.3) is 0 Å². The van der Waals surface area contributed by atoms with Gasteiger partial charge in [0.2, 0.25) is 6.79 Å². The number of rotatable bonds is 15. The highest BCUT2D eigenvalue weighted by Crippen LogP contribution is 2.35. The van der Waals surface area contributed by atoms with Crippen LogP contribution in [-0.4, -0.2) is 48.2 Å². The molecule has 3 N–H and O–H groups in total. The molecule has 0 saturated heterocycles. The number of hydrogen-bond acceptors (Lipinski definition) is 8. The zero-order chi connectivity index (χ0) is 31.3. The number of nitrogens with one attached hydrogen (secondary N) is 2. The molecule has 0 saturated carbocycles. The average Bonchev–Trinajstić information content (AvgIpc) is 3.74. The molecule has 4 rings (SSSR count). The Balaban J connectivity index is 1.41. The molecule has 12 nitrogen and oxygen atoms in total. The van der Waals surface area contributed by atoms with Crippen molar-refractivity contribution in [3.05, 3.63) is 86.4 Å². The molecular formula is C31H38N6O6S. The highest BCUT2D eigenvalue weighted by molar-refractivity contribution is 7.10. The normalized spacial score (nSPS) is 13.7. The highest BCUT2D eigenvalue weighted by atomic mass is 32.1. The Morgan fingerprint density at radius 3 is 2.64 bits per heavy atom. The third kappa shape index (κ3) is 9.03. The van der Waals surface area contributed by atoms with Crippen LogP contribution < -0.4 is 20.1 Å². The minimum absolute atomic E-state index is 0.00950. The molecule has 1 aromatic heterocycles. The number of fused-ring (bicyclic) bond motifs is 1. The van der Waals surface area contributed by atoms with Crippen molar-refractivity contribution in [2.75, 3.05) is 20.0 Å². The fourth-order valence-electron chi connectivity index (χ4n) is 4.83. The number of carbonyl (C=O) groups is 2. The molecule has 0 bridgehead atoms. The fourth-order valence-corrected chi connectivity index (χ4v) is 5.62. The second kappa shape index (κ2) is 16.4. The molecule has 3 aromatic rings. The molecule has 13 heteroatoms. The summed E-state index contributed by atoms with van der Waals surface area (Å²) in [6.45, 7) is 4.28. The number of azide groups is 1. The summed E-state index contributed by atoms with van der Waals surface area (Å²) in [5.74, 6) is 1.23. The van der Waals surface area contributed by atoms with Crippen molar-refractivity contribution in [3.63, 3.8) is 0 Å². The topological polar surface area (TPSA) is 158 Å². The van der Waals surface area contributed by atoms with Crippen molar-refractivity contribution < 1.29 is 28.9 Å². The van der Waals surface area contributed by atoms with Gasteiger partial charge in [-0.2, -0.15) is 0 Å². The van der Waals surface area contributed by atoms with Crippen LogP contribution in [0, 0.1) is 0 Å². The zero-order valence-electron chi connectivity index (χ0n) is 24.8. The van der Waals surface area contributed by atoms with Crippen LogP contribution in [0.15, 0.2) is 65.1 Å². The SMILES string of the molecule is CCCC[C@@H](COC(=O)N(Cc1ccc(N=[N+]=[N-])cc1)C(C)c1cccs1)NC(=O)N[C@@H](CCO)c1ccc2c(c1)OCO2. The molecular weight excluding hydrogens is 584 g/mol. The predicted molar refractivity (Wildman–Crippen MR) is 167 cm³/mol. The van der Waals surface area contributed by atoms with Gasteiger partial charge in [-0.05, 0) is 60.0 Å². The Labute approximate surface area is 260 Å². The molecule has 44 heavy (non-hydrogen) atoms. The van der Waals surface area contributed by atoms with Crippen LogP contribution in [0.4, 0.5) is 15.3 Å². The monoisotopic (exact) mass is 622 g/mol. The second-order valence-corrected chi connectivity index (χ2v) is 11.4. The first-order valence-electron chi connectivity index (χ1n) is 14.6. The number of nitrogens with zero attached hydrogens (tertiary/aromatic N) is 4. The number of amides is 3. The van der Waals surface area contributed by atoms with Crippen molar-refractivity contribution in [2.24, 2.45) is 5.11 Å². The molecule has 1 unspecified atom stereocenters. The third-order valence-electron chi connectivity index (χ3n) is 7.28. The molecule has 0 fully saturated rings. The summed E-state index contributed by atoms with van der Waals surface area (Å²) in [6.07, 6.45) is 2.16. The number of benzene rings is 2. The molecule has 3 atom stereocenters. The van der Waals surface area contributed by atoms with Gasteiger partial charge in [0.05, 0.1) is 18.1 Å². The maximum absolute atomic E-state index is 13.5. The molecule has 0 aliphatic carbocycles. The van der Waals surface area contributed by atoms with Gasteiger partial charge in [-0.3, -0.25) is 4.90 Å². The molecule has 234 valence electrons. The maximum Gasteiger partial charge on any atom is 0.410 e. The van der Waals surface area contributed by atoms with E-state index in [1.807, 2.05) is 42.6 Å². The Morgan fingerprint density at radius 2 is 1.93 bits per heavy atom. The standard InChI is InChI=1S/C31H38N6O6S/c1-3-4-6-25(33-30(39)34-26(14-15-38)23-10-13-27-28(17-23)43-20-42-27)19-41-31(40)37(21(2)29-7-5-16-44-29)18-22-8-11-24(12-9-22)35-36-32/h5,7-13,16-17,21,25-26,38H,3-4,6,14-15,18-20H2,1-2H3,(H2,33,34,39)/t21?,25-,26-/m0/s1. The van der Waals surface area contributed by atoms with E-state index in [1.54, 1.807) is 40.5 Å². The van der Waals surface area contributed by atoms with Gasteiger partial charge in [-0.25, -0.2) is 9.59 Å². The Bertz CT molecular complexity index is 1410. The van der Waals surface area contributed by atoms with Gasteiger partial charge in [0.15, 0.2) is 11.5 Å². The molecule has 2 aromatic carbocycles. The third-order valence-corrected chi connectivity index (χ3v) is 8.32. The van der Waals surface area contributed by atoms with Gasteiger partial charge in [-0.15, -0.1) is 11.3 Å². The van der Waals surface area contributed by atoms with Gasteiger partial charge in [0.1, 0.15) is 6.61 Å². The smallest absolute Gasteiger partial charge is 0.410 e. The van der Waals surface area contributed by atoms with Crippen LogP contribution in [0.25, 0.3) is 10.4 Å². The summed E-state index contributed by atoms with van der Waals surface area (Å²) in [7, 11) is 0. The van der Waals surface area contributed by atoms with Gasteiger partial charge < -0.3 is 30.0 Å². The lowest BCUT2D eigenvalue weighted by Gasteiger charge is -2.29. The number of ether oxygens (including phenoxy) is 3. The average molecular weight is 623 g/mol. The van der Waals surface area contributed by atoms with Crippen LogP contribution in [0.1, 0.15) is 67.6 Å². The second-order valence-electron chi connectivity index (χ2n) is 10.4. The van der Waals surface area contributed by atoms with E-state index in [2.05, 4.69) is 27.6 Å². The van der Waals surface area contributed by atoms with Gasteiger partial charge in [0, 0.05) is 28.6 Å². The number of carbonyl (C=O) groups excluding carboxylic acids is 2. The number of urea groups is 1. The van der Waals surface area contributed by atoms with E-state index < -0.39 is 24.2 Å². The number of aliphatic hydroxyl groups excluding tert-OH is 1. The first kappa shape index (κ1) is 32.5. The molecule has 2 heterocycles. The Hall–Kier alpha value is -4.45. The van der Waals surface area contributed by atoms with Crippen LogP contribution in [0.5, 0.6) is 11.5 Å². The highest BCUT2D eigenvalue weighted by Gasteiger charge is 2.26. The first-order chi connectivity index (χ1) is 21.4. The summed E-state index contributed by atoms with van der Waals surface area (Å²) in [6, 6.07) is 14.8. The molecule has 1 aliphatic rings. The van der Waals surface area contributed by atoms with E-state index >= 15 is 0 Å². The Kier molecular flexibility index (Phi) is 12.1. The van der Waals surface area contributed by atoms with Crippen LogP contribution in [0.3, 0.4) is 0 Å². The lowest BCUT2D eigenvalue weighted by atomic mass is 10.0. The molecule has 3 amide bonds. The summed E-state index contributed by atoms with van der Waals surface area (Å²) < 4.78 is 16.7. The van der Waals surface area contributed by atoms with E-state index in [4.69, 9.17) is 19.7 Å². The van der Waals surface area contributed by atoms with Crippen molar-refractivity contribution in [1.82, 2.24) is 15.5 Å². The lowest BCUT2D eigenvalue weighted by Crippen LogP contribution is -2.46. The van der Waals surface area contributed by atoms with Gasteiger partial charge in [-0.1, -0.05) is 61.3 Å². The summed E-state index contributed by atoms with van der Waals surface area (Å²) in [5.41, 5.74) is 10.8. The minimum atomic E-state index is -0.507. The number of unbranched alkanes of at least 4 members (excludes halogenated alkanes) is 1. The van der Waals surface area contributed by atoms with Crippen molar-refractivity contribution >= 4 is 29.1 Å². The largest absolute Gasteiger partial charge is 0.454 e. The van der Waals surface area contributed by atoms with E-state index in [-0.39, 0.29) is 32.6 Å². The van der Waals surface area contributed by atoms with Crippen LogP contribution >= 0.6 is 11.3 Å². The fraction of sp³-hybridized carbons (Fsp3) is 0.419. The lowest BCUT2D eigenvalue weighted by molar-refractivity contribution is 0.0773. The minimum Gasteiger partial charge on any atom is -0.454 e. The van der Waals surface area contributed by atoms with Gasteiger partial charge >= 0.3 is 12.1 Å². The van der Waals surface area contributed by atoms with E-state index in [1.165, 1.54) is 0 Å². The number of hydrogen-bond donors (Lipinski definition) is 3. The summed E-state index contributed by atoms with van der Waals surface area (Å²) in [5, 5.41) is 21.1. The number of thiophene rings is 1. The first-order valence-corrected chi connectivity index (χ1v) is 15.5. The van der Waals surface area contributed by atoms with Crippen LogP contribution in [0.2, 0.25) is 0 Å². The van der Waals surface area contributed by atoms with E-state index in [0.29, 0.717) is 30.0 Å². The number of aliphatic hydroxyl groups is 1. The summed E-state index contributed by atoms with van der Waals surface area (Å²) >= 11 is 1.55. The van der Waals surface area contributed by atoms with E-state index in [0.717, 1.165) is 28.8 Å². The molecule has 0 radical (unpaired) electrons. The predicted octanol–water partition coefficient (Wildman–Crippen LogP) is 7.10. The van der Waals surface area contributed by atoms with Crippen molar-refractivity contribution in [3.8, 4) is 11.5 Å². The maximum atomic E-state index is 13.5. The van der Waals surface area contributed by atoms with Crippen LogP contribution in [-0.2, 0) is 11.3 Å². The molecule has 0 spiro atoms. The Morgan fingerprint density at radius 1 is 1.14 bits per heavy atom. The van der Waals surface area contributed by atoms with E-state index in [9.17, 15) is 14.7 Å². The van der Waals surface area contributed by atoms with Crippen molar-refractivity contribution in [1.29, 1.82) is 0 Å².